The van der Waals surface area contributed by atoms with Crippen LogP contribution in [-0.2, 0) is 4.79 Å². The molecule has 2 heterocycles. The summed E-state index contributed by atoms with van der Waals surface area (Å²) in [4.78, 5) is 26.3. The molecule has 0 aliphatic rings. The maximum Gasteiger partial charge on any atom is 0.295 e. The van der Waals surface area contributed by atoms with E-state index in [4.69, 9.17) is 11.6 Å². The van der Waals surface area contributed by atoms with E-state index in [1.54, 1.807) is 28.9 Å². The Hall–Kier alpha value is -3.45. The Morgan fingerprint density at radius 1 is 1.03 bits per heavy atom. The van der Waals surface area contributed by atoms with Crippen LogP contribution in [0.5, 0.6) is 0 Å². The molecule has 7 nitrogen and oxygen atoms in total. The topological polar surface area (TPSA) is 81.8 Å². The molecule has 0 aliphatic heterocycles. The molecular formula is C24H24ClN5O2. The van der Waals surface area contributed by atoms with Gasteiger partial charge in [0.2, 0.25) is 5.91 Å². The third kappa shape index (κ3) is 3.91. The summed E-state index contributed by atoms with van der Waals surface area (Å²) in [6, 6.07) is 14.0. The van der Waals surface area contributed by atoms with Crippen LogP contribution in [0.4, 0.5) is 5.69 Å². The van der Waals surface area contributed by atoms with Crippen LogP contribution in [0.3, 0.4) is 0 Å². The van der Waals surface area contributed by atoms with Crippen molar-refractivity contribution in [2.75, 3.05) is 5.32 Å². The van der Waals surface area contributed by atoms with Crippen LogP contribution in [0.1, 0.15) is 36.3 Å². The van der Waals surface area contributed by atoms with Crippen molar-refractivity contribution in [3.63, 3.8) is 0 Å². The van der Waals surface area contributed by atoms with Crippen molar-refractivity contribution in [3.8, 4) is 5.69 Å². The fraction of sp³-hybridized carbons (Fsp3) is 0.250. The summed E-state index contributed by atoms with van der Waals surface area (Å²) in [5.41, 5.74) is 3.99. The van der Waals surface area contributed by atoms with Gasteiger partial charge in [0.25, 0.3) is 5.56 Å². The van der Waals surface area contributed by atoms with Gasteiger partial charge >= 0.3 is 0 Å². The van der Waals surface area contributed by atoms with E-state index in [1.165, 1.54) is 4.68 Å². The van der Waals surface area contributed by atoms with E-state index in [2.05, 4.69) is 15.5 Å². The molecule has 1 N–H and O–H groups in total. The highest BCUT2D eigenvalue weighted by Gasteiger charge is 2.25. The zero-order chi connectivity index (χ0) is 23.0. The lowest BCUT2D eigenvalue weighted by Crippen LogP contribution is -2.35. The number of nitrogens with zero attached hydrogens (tertiary/aromatic N) is 4. The van der Waals surface area contributed by atoms with Crippen molar-refractivity contribution >= 4 is 34.1 Å². The molecule has 0 fully saturated rings. The highest BCUT2D eigenvalue weighted by molar-refractivity contribution is 6.30. The summed E-state index contributed by atoms with van der Waals surface area (Å²) in [5.74, 6) is -0.321. The van der Waals surface area contributed by atoms with Gasteiger partial charge in [-0.3, -0.25) is 9.59 Å². The largest absolute Gasteiger partial charge is 0.324 e. The molecule has 0 unspecified atom stereocenters. The number of fused-ring (bicyclic) bond motifs is 1. The third-order valence-corrected chi connectivity index (χ3v) is 5.77. The Labute approximate surface area is 190 Å². The average Bonchev–Trinajstić information content (AvgIpc) is 3.12. The normalized spacial score (nSPS) is 12.2. The Morgan fingerprint density at radius 2 is 1.69 bits per heavy atom. The quantitative estimate of drug-likeness (QED) is 0.476. The van der Waals surface area contributed by atoms with Crippen LogP contribution in [0.15, 0.2) is 53.3 Å². The molecule has 0 aliphatic carbocycles. The van der Waals surface area contributed by atoms with Crippen LogP contribution in [0.2, 0.25) is 5.02 Å². The third-order valence-electron chi connectivity index (χ3n) is 5.52. The van der Waals surface area contributed by atoms with E-state index in [1.807, 2.05) is 52.0 Å². The Bertz CT molecular complexity index is 1350. The van der Waals surface area contributed by atoms with Gasteiger partial charge in [-0.2, -0.15) is 10.2 Å². The lowest BCUT2D eigenvalue weighted by atomic mass is 10.1. The standard InChI is InChI=1S/C24H24ClN5O2/c1-5-20(23(31)26-18-10-8-17(25)9-11-18)30-24(32)22-21(15(3)27-30)16(4)29(28-22)19-12-6-14(2)7-13-19/h6-13,20H,5H2,1-4H3,(H,26,31)/t20-/m0/s1. The number of rotatable bonds is 5. The zero-order valence-electron chi connectivity index (χ0n) is 18.4. The number of anilines is 1. The molecule has 8 heteroatoms. The molecule has 164 valence electrons. The first-order valence-electron chi connectivity index (χ1n) is 10.4. The van der Waals surface area contributed by atoms with E-state index in [0.717, 1.165) is 16.9 Å². The van der Waals surface area contributed by atoms with E-state index in [9.17, 15) is 9.59 Å². The predicted molar refractivity (Wildman–Crippen MR) is 127 cm³/mol. The van der Waals surface area contributed by atoms with Gasteiger partial charge in [-0.15, -0.1) is 0 Å². The fourth-order valence-electron chi connectivity index (χ4n) is 3.83. The first kappa shape index (κ1) is 21.8. The monoisotopic (exact) mass is 449 g/mol. The summed E-state index contributed by atoms with van der Waals surface area (Å²) in [7, 11) is 0. The van der Waals surface area contributed by atoms with Gasteiger partial charge in [-0.1, -0.05) is 36.2 Å². The molecule has 1 atom stereocenters. The number of nitrogens with one attached hydrogen (secondary N) is 1. The molecule has 32 heavy (non-hydrogen) atoms. The molecule has 1 amide bonds. The highest BCUT2D eigenvalue weighted by atomic mass is 35.5. The molecular weight excluding hydrogens is 426 g/mol. The van der Waals surface area contributed by atoms with Crippen LogP contribution in [-0.4, -0.2) is 25.5 Å². The van der Waals surface area contributed by atoms with Gasteiger partial charge in [0.15, 0.2) is 5.52 Å². The number of aromatic nitrogens is 4. The maximum absolute atomic E-state index is 13.4. The number of hydrogen-bond acceptors (Lipinski definition) is 4. The second kappa shape index (κ2) is 8.59. The summed E-state index contributed by atoms with van der Waals surface area (Å²) in [6.45, 7) is 7.60. The van der Waals surface area contributed by atoms with E-state index in [-0.39, 0.29) is 5.91 Å². The van der Waals surface area contributed by atoms with Crippen molar-refractivity contribution in [2.24, 2.45) is 0 Å². The smallest absolute Gasteiger partial charge is 0.295 e. The molecule has 0 saturated heterocycles. The number of aryl methyl sites for hydroxylation is 3. The van der Waals surface area contributed by atoms with Crippen LogP contribution < -0.4 is 10.9 Å². The summed E-state index contributed by atoms with van der Waals surface area (Å²) < 4.78 is 2.99. The lowest BCUT2D eigenvalue weighted by molar-refractivity contribution is -0.119. The molecule has 0 radical (unpaired) electrons. The van der Waals surface area contributed by atoms with Crippen LogP contribution in [0, 0.1) is 20.8 Å². The van der Waals surface area contributed by atoms with Crippen molar-refractivity contribution in [1.82, 2.24) is 19.6 Å². The van der Waals surface area contributed by atoms with Crippen LogP contribution >= 0.6 is 11.6 Å². The number of carbonyl (C=O) groups excluding carboxylic acids is 1. The first-order valence-corrected chi connectivity index (χ1v) is 10.8. The lowest BCUT2D eigenvalue weighted by Gasteiger charge is -2.17. The summed E-state index contributed by atoms with van der Waals surface area (Å²) in [6.07, 6.45) is 0.398. The molecule has 0 bridgehead atoms. The minimum absolute atomic E-state index is 0.299. The van der Waals surface area contributed by atoms with Gasteiger partial charge in [-0.25, -0.2) is 9.36 Å². The summed E-state index contributed by atoms with van der Waals surface area (Å²) >= 11 is 5.92. The number of carbonyl (C=O) groups is 1. The number of benzene rings is 2. The predicted octanol–water partition coefficient (Wildman–Crippen LogP) is 4.75. The van der Waals surface area contributed by atoms with Crippen LogP contribution in [0.25, 0.3) is 16.6 Å². The first-order chi connectivity index (χ1) is 15.3. The number of amides is 1. The molecule has 4 rings (SSSR count). The molecule has 0 saturated carbocycles. The van der Waals surface area contributed by atoms with Crippen molar-refractivity contribution in [2.45, 2.75) is 40.2 Å². The number of halogens is 1. The highest BCUT2D eigenvalue weighted by Crippen LogP contribution is 2.23. The van der Waals surface area contributed by atoms with Crippen molar-refractivity contribution < 1.29 is 4.79 Å². The molecule has 0 spiro atoms. The molecule has 4 aromatic rings. The Balaban J connectivity index is 1.77. The zero-order valence-corrected chi connectivity index (χ0v) is 19.1. The van der Waals surface area contributed by atoms with Gasteiger partial charge in [0, 0.05) is 10.7 Å². The second-order valence-corrected chi connectivity index (χ2v) is 8.25. The maximum atomic E-state index is 13.4. The minimum atomic E-state index is -0.772. The number of hydrogen-bond donors (Lipinski definition) is 1. The van der Waals surface area contributed by atoms with Gasteiger partial charge in [0.1, 0.15) is 6.04 Å². The van der Waals surface area contributed by atoms with E-state index < -0.39 is 11.6 Å². The summed E-state index contributed by atoms with van der Waals surface area (Å²) in [5, 5.41) is 13.2. The minimum Gasteiger partial charge on any atom is -0.324 e. The van der Waals surface area contributed by atoms with Crippen molar-refractivity contribution in [1.29, 1.82) is 0 Å². The molecule has 2 aromatic carbocycles. The Kier molecular flexibility index (Phi) is 5.84. The Morgan fingerprint density at radius 3 is 2.31 bits per heavy atom. The second-order valence-electron chi connectivity index (χ2n) is 7.81. The average molecular weight is 450 g/mol. The van der Waals surface area contributed by atoms with E-state index >= 15 is 0 Å². The van der Waals surface area contributed by atoms with Gasteiger partial charge < -0.3 is 5.32 Å². The van der Waals surface area contributed by atoms with E-state index in [0.29, 0.717) is 33.7 Å². The molecule has 2 aromatic heterocycles. The van der Waals surface area contributed by atoms with Gasteiger partial charge in [0.05, 0.1) is 22.5 Å². The SMILES string of the molecule is CC[C@@H](C(=O)Nc1ccc(Cl)cc1)n1nc(C)c2c(C)n(-c3ccc(C)cc3)nc2c1=O. The fourth-order valence-corrected chi connectivity index (χ4v) is 3.95. The van der Waals surface area contributed by atoms with Gasteiger partial charge in [-0.05, 0) is 63.6 Å². The van der Waals surface area contributed by atoms with Crippen molar-refractivity contribution in [3.05, 3.63) is 80.9 Å².